The first kappa shape index (κ1) is 7.62. The molecule has 0 amide bonds. The van der Waals surface area contributed by atoms with Crippen LogP contribution in [0.3, 0.4) is 0 Å². The largest absolute Gasteiger partial charge is 0.417 e. The normalized spacial score (nSPS) is 7.56. The van der Waals surface area contributed by atoms with E-state index in [1.165, 1.54) is 0 Å². The van der Waals surface area contributed by atoms with Crippen molar-refractivity contribution in [1.29, 1.82) is 0 Å². The Morgan fingerprint density at radius 3 is 1.67 bits per heavy atom. The van der Waals surface area contributed by atoms with Crippen molar-refractivity contribution in [1.82, 2.24) is 10.8 Å². The zero-order valence-electron chi connectivity index (χ0n) is 4.87. The summed E-state index contributed by atoms with van der Waals surface area (Å²) >= 11 is 0. The van der Waals surface area contributed by atoms with Gasteiger partial charge in [0.25, 0.3) is 0 Å². The maximum atomic E-state index is 8.51. The predicted octanol–water partition coefficient (Wildman–Crippen LogP) is -0.228. The molecule has 0 aromatic heterocycles. The highest BCUT2D eigenvalue weighted by molar-refractivity contribution is 5.99. The molecule has 3 heteroatoms. The first-order valence-corrected chi connectivity index (χ1v) is 2.25. The quantitative estimate of drug-likeness (QED) is 0.368. The molecule has 0 aliphatic rings. The van der Waals surface area contributed by atoms with E-state index in [0.717, 1.165) is 12.2 Å². The smallest absolute Gasteiger partial charge is 0.240 e. The Bertz CT molecular complexity index is 142. The number of hydrogen-bond donors (Lipinski definition) is 0. The molecular formula is C6H6N2O. The van der Waals surface area contributed by atoms with Gasteiger partial charge in [0.15, 0.2) is 0 Å². The molecule has 0 heterocycles. The number of ether oxygens (including phenoxy) is 1. The molecule has 2 radical (unpaired) electrons. The van der Waals surface area contributed by atoms with Gasteiger partial charge in [-0.3, -0.25) is 0 Å². The van der Waals surface area contributed by atoms with Crippen LogP contribution in [0, 0.1) is 0 Å². The lowest BCUT2D eigenvalue weighted by Gasteiger charge is -1.94. The summed E-state index contributed by atoms with van der Waals surface area (Å²) < 4.78 is 4.26. The monoisotopic (exact) mass is 122 g/mol. The Hall–Kier alpha value is -1.38. The third-order valence-corrected chi connectivity index (χ3v) is 0.558. The maximum Gasteiger partial charge on any atom is 0.240 e. The highest BCUT2D eigenvalue weighted by Gasteiger charge is 1.93. The van der Waals surface area contributed by atoms with Gasteiger partial charge in [0.2, 0.25) is 11.8 Å². The van der Waals surface area contributed by atoms with E-state index >= 15 is 0 Å². The Labute approximate surface area is 53.7 Å². The lowest BCUT2D eigenvalue weighted by molar-refractivity contribution is 0.556. The molecule has 0 unspecified atom stereocenters. The van der Waals surface area contributed by atoms with Gasteiger partial charge in [-0.15, -0.1) is 10.8 Å². The molecule has 0 spiro atoms. The molecule has 46 valence electrons. The van der Waals surface area contributed by atoms with Crippen LogP contribution in [-0.2, 0) is 4.74 Å². The average molecular weight is 122 g/mol. The topological polar surface area (TPSA) is 53.8 Å². The fourth-order valence-electron chi connectivity index (χ4n) is 0.190. The summed E-state index contributed by atoms with van der Waals surface area (Å²) in [5, 5.41) is 17.0. The first-order valence-electron chi connectivity index (χ1n) is 2.25. The Morgan fingerprint density at radius 2 is 1.44 bits per heavy atom. The summed E-state index contributed by atoms with van der Waals surface area (Å²) in [5.74, 6) is -0.903. The first-order chi connectivity index (χ1) is 4.20. The minimum absolute atomic E-state index is 0.451. The molecule has 0 saturated carbocycles. The lowest BCUT2D eigenvalue weighted by Crippen LogP contribution is -2.08. The van der Waals surface area contributed by atoms with Crippen molar-refractivity contribution >= 4 is 11.8 Å². The fourth-order valence-corrected chi connectivity index (χ4v) is 0.190. The van der Waals surface area contributed by atoms with Gasteiger partial charge in [0, 0.05) is 0 Å². The van der Waals surface area contributed by atoms with Crippen molar-refractivity contribution in [2.45, 2.75) is 0 Å². The molecule has 0 fully saturated rings. The van der Waals surface area contributed by atoms with E-state index < -0.39 is 11.8 Å². The molecule has 0 N–H and O–H groups in total. The summed E-state index contributed by atoms with van der Waals surface area (Å²) in [7, 11) is 0. The molecular weight excluding hydrogens is 116 g/mol. The van der Waals surface area contributed by atoms with Crippen molar-refractivity contribution in [2.75, 3.05) is 0 Å². The van der Waals surface area contributed by atoms with Crippen LogP contribution in [0.25, 0.3) is 0 Å². The van der Waals surface area contributed by atoms with Crippen LogP contribution in [0.4, 0.5) is 0 Å². The van der Waals surface area contributed by atoms with Crippen LogP contribution in [-0.4, -0.2) is 11.8 Å². The van der Waals surface area contributed by atoms with Crippen molar-refractivity contribution in [2.24, 2.45) is 0 Å². The molecule has 0 saturated heterocycles. The van der Waals surface area contributed by atoms with Gasteiger partial charge in [-0.05, 0) is 12.2 Å². The highest BCUT2D eigenvalue weighted by Crippen LogP contribution is 1.79. The molecule has 0 bridgehead atoms. The van der Waals surface area contributed by atoms with E-state index in [0.29, 0.717) is 0 Å². The van der Waals surface area contributed by atoms with Crippen LogP contribution < -0.4 is 10.8 Å². The van der Waals surface area contributed by atoms with Crippen LogP contribution in [0.5, 0.6) is 0 Å². The van der Waals surface area contributed by atoms with Gasteiger partial charge in [0.05, 0.1) is 0 Å². The third kappa shape index (κ3) is 3.22. The van der Waals surface area contributed by atoms with Crippen molar-refractivity contribution in [3.05, 3.63) is 25.3 Å². The maximum absolute atomic E-state index is 8.51. The molecule has 0 atom stereocenters. The summed E-state index contributed by atoms with van der Waals surface area (Å²) in [6, 6.07) is 0. The van der Waals surface area contributed by atoms with Crippen molar-refractivity contribution in [3.8, 4) is 0 Å². The third-order valence-electron chi connectivity index (χ3n) is 0.558. The van der Waals surface area contributed by atoms with Gasteiger partial charge in [-0.1, -0.05) is 13.2 Å². The minimum atomic E-state index is -0.451. The second kappa shape index (κ2) is 3.60. The van der Waals surface area contributed by atoms with Crippen LogP contribution in [0.1, 0.15) is 0 Å². The Kier molecular flexibility index (Phi) is 3.05. The minimum Gasteiger partial charge on any atom is -0.417 e. The van der Waals surface area contributed by atoms with Crippen LogP contribution in [0.2, 0.25) is 0 Å². The molecule has 0 rings (SSSR count). The van der Waals surface area contributed by atoms with Crippen LogP contribution >= 0.6 is 0 Å². The van der Waals surface area contributed by atoms with Gasteiger partial charge in [-0.2, -0.15) is 0 Å². The van der Waals surface area contributed by atoms with E-state index in [9.17, 15) is 0 Å². The zero-order chi connectivity index (χ0) is 7.28. The van der Waals surface area contributed by atoms with Crippen molar-refractivity contribution < 1.29 is 4.74 Å². The van der Waals surface area contributed by atoms with E-state index in [1.54, 1.807) is 0 Å². The average Bonchev–Trinajstić information content (AvgIpc) is 1.87. The van der Waals surface area contributed by atoms with E-state index in [2.05, 4.69) is 17.9 Å². The van der Waals surface area contributed by atoms with Gasteiger partial charge < -0.3 is 4.74 Å². The molecule has 9 heavy (non-hydrogen) atoms. The van der Waals surface area contributed by atoms with E-state index in [1.807, 2.05) is 0 Å². The number of rotatable bonds is 2. The molecule has 3 nitrogen and oxygen atoms in total. The van der Waals surface area contributed by atoms with Gasteiger partial charge >= 0.3 is 0 Å². The second-order valence-electron chi connectivity index (χ2n) is 1.19. The highest BCUT2D eigenvalue weighted by atomic mass is 16.5. The van der Waals surface area contributed by atoms with Crippen LogP contribution in [0.15, 0.2) is 25.3 Å². The van der Waals surface area contributed by atoms with Gasteiger partial charge in [-0.25, -0.2) is 0 Å². The Balaban J connectivity index is 3.73. The molecule has 0 aromatic carbocycles. The Morgan fingerprint density at radius 1 is 1.11 bits per heavy atom. The van der Waals surface area contributed by atoms with E-state index in [-0.39, 0.29) is 0 Å². The molecule has 0 aromatic rings. The summed E-state index contributed by atoms with van der Waals surface area (Å²) in [5.41, 5.74) is 0. The van der Waals surface area contributed by atoms with Crippen molar-refractivity contribution in [3.63, 3.8) is 0 Å². The molecule has 0 aliphatic heterocycles. The number of nitrogens with zero attached hydrogens (tertiary/aromatic N) is 2. The van der Waals surface area contributed by atoms with Gasteiger partial charge in [0.1, 0.15) is 0 Å². The fraction of sp³-hybridized carbons (Fsp3) is 0. The summed E-state index contributed by atoms with van der Waals surface area (Å²) in [6.45, 7) is 6.35. The summed E-state index contributed by atoms with van der Waals surface area (Å²) in [6.07, 6.45) is 2.11. The van der Waals surface area contributed by atoms with E-state index in [4.69, 9.17) is 10.8 Å². The zero-order valence-corrected chi connectivity index (χ0v) is 4.87. The predicted molar refractivity (Wildman–Crippen MR) is 35.8 cm³/mol. The summed E-state index contributed by atoms with van der Waals surface area (Å²) in [4.78, 5) is 0. The number of hydrogen-bond acceptors (Lipinski definition) is 1. The standard InChI is InChI=1S/C6H6N2O/c1-3-5(7)9-6(8)4-2/h3-4H,1-2H2. The lowest BCUT2D eigenvalue weighted by atomic mass is 10.6. The second-order valence-corrected chi connectivity index (χ2v) is 1.19. The molecule has 0 aliphatic carbocycles. The SMILES string of the molecule is C=CC(=[N])OC(=[N])C=C.